The topological polar surface area (TPSA) is 30.2 Å². The molecule has 2 bridgehead atoms. The highest BCUT2D eigenvalue weighted by Gasteiger charge is 2.40. The molecule has 2 saturated carbocycles. The van der Waals surface area contributed by atoms with E-state index in [1.807, 2.05) is 0 Å². The van der Waals surface area contributed by atoms with Crippen LogP contribution in [0, 0.1) is 17.8 Å². The van der Waals surface area contributed by atoms with Crippen molar-refractivity contribution in [1.29, 1.82) is 0 Å². The molecule has 3 unspecified atom stereocenters. The van der Waals surface area contributed by atoms with Gasteiger partial charge in [-0.15, -0.1) is 0 Å². The van der Waals surface area contributed by atoms with Gasteiger partial charge in [0.05, 0.1) is 10.7 Å². The van der Waals surface area contributed by atoms with E-state index in [0.717, 1.165) is 16.3 Å². The lowest BCUT2D eigenvalue weighted by atomic mass is 9.85. The molecule has 0 aliphatic heterocycles. The Bertz CT molecular complexity index is 410. The van der Waals surface area contributed by atoms with Crippen molar-refractivity contribution in [3.05, 3.63) is 22.6 Å². The molecule has 0 radical (unpaired) electrons. The van der Waals surface area contributed by atoms with E-state index < -0.39 is 0 Å². The number of rotatable bonds is 3. The SMILES string of the molecule is O=C(CC1CC2CCC1C2)c1occc1Br. The first-order chi connectivity index (χ1) is 7.74. The van der Waals surface area contributed by atoms with Crippen LogP contribution in [0.15, 0.2) is 21.2 Å². The lowest BCUT2D eigenvalue weighted by Crippen LogP contribution is -2.15. The summed E-state index contributed by atoms with van der Waals surface area (Å²) >= 11 is 3.34. The zero-order valence-electron chi connectivity index (χ0n) is 9.12. The Morgan fingerprint density at radius 3 is 2.88 bits per heavy atom. The Labute approximate surface area is 104 Å². The minimum atomic E-state index is 0.162. The summed E-state index contributed by atoms with van der Waals surface area (Å²) in [4.78, 5) is 12.0. The second-order valence-electron chi connectivity index (χ2n) is 5.16. The van der Waals surface area contributed by atoms with Crippen molar-refractivity contribution < 1.29 is 9.21 Å². The van der Waals surface area contributed by atoms with Crippen LogP contribution in [0.3, 0.4) is 0 Å². The van der Waals surface area contributed by atoms with Gasteiger partial charge >= 0.3 is 0 Å². The summed E-state index contributed by atoms with van der Waals surface area (Å²) in [5, 5.41) is 0. The van der Waals surface area contributed by atoms with Crippen LogP contribution in [0.5, 0.6) is 0 Å². The number of furan rings is 1. The van der Waals surface area contributed by atoms with Gasteiger partial charge in [-0.25, -0.2) is 0 Å². The molecule has 0 N–H and O–H groups in total. The minimum Gasteiger partial charge on any atom is -0.460 e. The Hall–Kier alpha value is -0.570. The molecule has 2 fully saturated rings. The minimum absolute atomic E-state index is 0.162. The van der Waals surface area contributed by atoms with Crippen molar-refractivity contribution in [1.82, 2.24) is 0 Å². The molecule has 16 heavy (non-hydrogen) atoms. The summed E-state index contributed by atoms with van der Waals surface area (Å²) in [7, 11) is 0. The van der Waals surface area contributed by atoms with E-state index in [1.54, 1.807) is 12.3 Å². The van der Waals surface area contributed by atoms with Crippen LogP contribution in [0.1, 0.15) is 42.7 Å². The quantitative estimate of drug-likeness (QED) is 0.783. The first-order valence-electron chi connectivity index (χ1n) is 6.00. The summed E-state index contributed by atoms with van der Waals surface area (Å²) in [5.41, 5.74) is 0. The fourth-order valence-electron chi connectivity index (χ4n) is 3.45. The highest BCUT2D eigenvalue weighted by Crippen LogP contribution is 2.49. The number of ketones is 1. The monoisotopic (exact) mass is 282 g/mol. The maximum atomic E-state index is 12.0. The normalized spacial score (nSPS) is 32.2. The molecule has 86 valence electrons. The smallest absolute Gasteiger partial charge is 0.199 e. The van der Waals surface area contributed by atoms with Crippen LogP contribution >= 0.6 is 15.9 Å². The predicted octanol–water partition coefficient (Wildman–Crippen LogP) is 4.05. The number of hydrogen-bond donors (Lipinski definition) is 0. The lowest BCUT2D eigenvalue weighted by molar-refractivity contribution is 0.0916. The van der Waals surface area contributed by atoms with Crippen molar-refractivity contribution in [3.63, 3.8) is 0 Å². The Morgan fingerprint density at radius 2 is 2.31 bits per heavy atom. The van der Waals surface area contributed by atoms with Gasteiger partial charge in [0.15, 0.2) is 11.5 Å². The summed E-state index contributed by atoms with van der Waals surface area (Å²) in [6, 6.07) is 1.79. The van der Waals surface area contributed by atoms with Gasteiger partial charge < -0.3 is 4.42 Å². The molecule has 2 aliphatic rings. The molecule has 3 heteroatoms. The summed E-state index contributed by atoms with van der Waals surface area (Å²) in [6.07, 6.45) is 7.58. The summed E-state index contributed by atoms with van der Waals surface area (Å²) in [6.45, 7) is 0. The van der Waals surface area contributed by atoms with Crippen molar-refractivity contribution in [3.8, 4) is 0 Å². The Morgan fingerprint density at radius 1 is 1.44 bits per heavy atom. The van der Waals surface area contributed by atoms with E-state index in [2.05, 4.69) is 15.9 Å². The maximum Gasteiger partial charge on any atom is 0.199 e. The molecule has 0 spiro atoms. The molecule has 2 aliphatic carbocycles. The van der Waals surface area contributed by atoms with Gasteiger partial charge in [0.25, 0.3) is 0 Å². The zero-order valence-corrected chi connectivity index (χ0v) is 10.7. The number of fused-ring (bicyclic) bond motifs is 2. The largest absolute Gasteiger partial charge is 0.460 e. The molecular weight excluding hydrogens is 268 g/mol. The molecule has 1 aromatic rings. The van der Waals surface area contributed by atoms with Crippen molar-refractivity contribution in [2.45, 2.75) is 32.1 Å². The third-order valence-electron chi connectivity index (χ3n) is 4.20. The van der Waals surface area contributed by atoms with Crippen LogP contribution in [0.25, 0.3) is 0 Å². The second-order valence-corrected chi connectivity index (χ2v) is 6.01. The van der Waals surface area contributed by atoms with Crippen LogP contribution < -0.4 is 0 Å². The first-order valence-corrected chi connectivity index (χ1v) is 6.79. The van der Waals surface area contributed by atoms with Crippen LogP contribution in [0.2, 0.25) is 0 Å². The third kappa shape index (κ3) is 1.75. The Kier molecular flexibility index (Phi) is 2.66. The third-order valence-corrected chi connectivity index (χ3v) is 4.83. The number of hydrogen-bond acceptors (Lipinski definition) is 2. The van der Waals surface area contributed by atoms with Crippen LogP contribution in [0.4, 0.5) is 0 Å². The molecule has 1 heterocycles. The zero-order chi connectivity index (χ0) is 11.1. The van der Waals surface area contributed by atoms with Gasteiger partial charge in [0.1, 0.15) is 0 Å². The van der Waals surface area contributed by atoms with Gasteiger partial charge in [0, 0.05) is 6.42 Å². The van der Waals surface area contributed by atoms with E-state index >= 15 is 0 Å². The fraction of sp³-hybridized carbons (Fsp3) is 0.615. The number of carbonyl (C=O) groups excluding carboxylic acids is 1. The van der Waals surface area contributed by atoms with E-state index in [0.29, 0.717) is 18.1 Å². The molecular formula is C13H15BrO2. The average Bonchev–Trinajstić information content (AvgIpc) is 2.92. The van der Waals surface area contributed by atoms with E-state index in [4.69, 9.17) is 4.42 Å². The van der Waals surface area contributed by atoms with Gasteiger partial charge in [-0.1, -0.05) is 6.42 Å². The van der Waals surface area contributed by atoms with Gasteiger partial charge in [-0.2, -0.15) is 0 Å². The highest BCUT2D eigenvalue weighted by molar-refractivity contribution is 9.10. The van der Waals surface area contributed by atoms with Crippen molar-refractivity contribution in [2.75, 3.05) is 0 Å². The van der Waals surface area contributed by atoms with Gasteiger partial charge in [-0.05, 0) is 59.0 Å². The Balaban J connectivity index is 1.67. The molecule has 2 nitrogen and oxygen atoms in total. The number of halogens is 1. The second kappa shape index (κ2) is 4.02. The van der Waals surface area contributed by atoms with Crippen LogP contribution in [-0.4, -0.2) is 5.78 Å². The molecule has 0 aromatic carbocycles. The average molecular weight is 283 g/mol. The van der Waals surface area contributed by atoms with Crippen molar-refractivity contribution in [2.24, 2.45) is 17.8 Å². The fourth-order valence-corrected chi connectivity index (χ4v) is 3.87. The van der Waals surface area contributed by atoms with E-state index in [-0.39, 0.29) is 5.78 Å². The lowest BCUT2D eigenvalue weighted by Gasteiger charge is -2.20. The summed E-state index contributed by atoms with van der Waals surface area (Å²) in [5.74, 6) is 2.99. The molecule has 3 rings (SSSR count). The first kappa shape index (κ1) is 10.6. The molecule has 1 aromatic heterocycles. The van der Waals surface area contributed by atoms with E-state index in [9.17, 15) is 4.79 Å². The molecule has 0 saturated heterocycles. The number of carbonyl (C=O) groups is 1. The van der Waals surface area contributed by atoms with Gasteiger partial charge in [-0.3, -0.25) is 4.79 Å². The number of Topliss-reactive ketones (excluding diaryl/α,β-unsaturated/α-hetero) is 1. The molecule has 0 amide bonds. The predicted molar refractivity (Wildman–Crippen MR) is 64.3 cm³/mol. The summed E-state index contributed by atoms with van der Waals surface area (Å²) < 4.78 is 6.01. The van der Waals surface area contributed by atoms with Gasteiger partial charge in [0.2, 0.25) is 0 Å². The highest BCUT2D eigenvalue weighted by atomic mass is 79.9. The van der Waals surface area contributed by atoms with Crippen molar-refractivity contribution >= 4 is 21.7 Å². The van der Waals surface area contributed by atoms with Crippen LogP contribution in [-0.2, 0) is 0 Å². The van der Waals surface area contributed by atoms with E-state index in [1.165, 1.54) is 25.7 Å². The maximum absolute atomic E-state index is 12.0. The standard InChI is InChI=1S/C13H15BrO2/c14-11-3-4-16-13(11)12(15)7-10-6-8-1-2-9(10)5-8/h3-4,8-10H,1-2,5-7H2. The molecule has 3 atom stereocenters.